The van der Waals surface area contributed by atoms with Gasteiger partial charge < -0.3 is 5.73 Å². The van der Waals surface area contributed by atoms with Crippen LogP contribution in [-0.4, -0.2) is 0 Å². The van der Waals surface area contributed by atoms with E-state index in [-0.39, 0.29) is 5.92 Å². The monoisotopic (exact) mass is 169 g/mol. The van der Waals surface area contributed by atoms with Crippen molar-refractivity contribution in [3.8, 4) is 0 Å². The zero-order valence-corrected chi connectivity index (χ0v) is 7.72. The lowest BCUT2D eigenvalue weighted by molar-refractivity contribution is 0.766. The van der Waals surface area contributed by atoms with Gasteiger partial charge in [0.05, 0.1) is 0 Å². The van der Waals surface area contributed by atoms with Gasteiger partial charge in [-0.3, -0.25) is 0 Å². The molecule has 0 saturated heterocycles. The molecule has 0 amide bonds. The SMILES string of the molecule is C=CCC(/C=C\C)/C(N)=C/S. The molecule has 0 bridgehead atoms. The van der Waals surface area contributed by atoms with Crippen molar-refractivity contribution in [3.63, 3.8) is 0 Å². The number of nitrogens with two attached hydrogens (primary N) is 1. The Bertz CT molecular complexity index is 170. The molecule has 0 aromatic carbocycles. The minimum Gasteiger partial charge on any atom is -0.401 e. The van der Waals surface area contributed by atoms with E-state index in [4.69, 9.17) is 5.73 Å². The largest absolute Gasteiger partial charge is 0.401 e. The molecule has 1 atom stereocenters. The fourth-order valence-corrected chi connectivity index (χ4v) is 1.02. The van der Waals surface area contributed by atoms with Gasteiger partial charge >= 0.3 is 0 Å². The van der Waals surface area contributed by atoms with E-state index in [0.29, 0.717) is 0 Å². The van der Waals surface area contributed by atoms with E-state index >= 15 is 0 Å². The van der Waals surface area contributed by atoms with Gasteiger partial charge in [-0.15, -0.1) is 19.2 Å². The quantitative estimate of drug-likeness (QED) is 0.491. The molecule has 0 aliphatic rings. The topological polar surface area (TPSA) is 26.0 Å². The van der Waals surface area contributed by atoms with E-state index in [0.717, 1.165) is 12.1 Å². The maximum Gasteiger partial charge on any atom is 0.0215 e. The van der Waals surface area contributed by atoms with Crippen molar-refractivity contribution < 1.29 is 0 Å². The second kappa shape index (κ2) is 6.10. The van der Waals surface area contributed by atoms with Crippen molar-refractivity contribution >= 4 is 12.6 Å². The number of rotatable bonds is 4. The zero-order valence-electron chi connectivity index (χ0n) is 6.83. The van der Waals surface area contributed by atoms with Gasteiger partial charge in [0.15, 0.2) is 0 Å². The fraction of sp³-hybridized carbons (Fsp3) is 0.333. The predicted octanol–water partition coefficient (Wildman–Crippen LogP) is 2.48. The molecule has 2 N–H and O–H groups in total. The normalized spacial score (nSPS) is 15.3. The maximum absolute atomic E-state index is 5.68. The van der Waals surface area contributed by atoms with Gasteiger partial charge in [0, 0.05) is 11.6 Å². The molecule has 1 unspecified atom stereocenters. The molecule has 0 radical (unpaired) electrons. The predicted molar refractivity (Wildman–Crippen MR) is 54.4 cm³/mol. The molecular weight excluding hydrogens is 154 g/mol. The Labute approximate surface area is 74.1 Å². The standard InChI is InChI=1S/C9H15NS/c1-3-5-8(6-4-2)9(10)7-11/h3-4,6-8,11H,1,5,10H2,2H3/b6-4-,9-7-. The first-order chi connectivity index (χ1) is 5.26. The van der Waals surface area contributed by atoms with Gasteiger partial charge in [0.2, 0.25) is 0 Å². The highest BCUT2D eigenvalue weighted by molar-refractivity contribution is 7.83. The molecule has 0 fully saturated rings. The lowest BCUT2D eigenvalue weighted by atomic mass is 10.0. The minimum absolute atomic E-state index is 0.259. The Kier molecular flexibility index (Phi) is 5.75. The Hall–Kier alpha value is -0.630. The molecule has 2 heteroatoms. The molecule has 0 aliphatic heterocycles. The molecule has 0 aromatic heterocycles. The minimum atomic E-state index is 0.259. The van der Waals surface area contributed by atoms with Gasteiger partial charge in [-0.2, -0.15) is 0 Å². The highest BCUT2D eigenvalue weighted by Gasteiger charge is 2.03. The van der Waals surface area contributed by atoms with Crippen LogP contribution in [0.2, 0.25) is 0 Å². The summed E-state index contributed by atoms with van der Waals surface area (Å²) in [5.74, 6) is 0.259. The van der Waals surface area contributed by atoms with Gasteiger partial charge in [0.1, 0.15) is 0 Å². The lowest BCUT2D eigenvalue weighted by Crippen LogP contribution is -2.08. The Balaban J connectivity index is 4.20. The highest BCUT2D eigenvalue weighted by Crippen LogP contribution is 2.13. The third-order valence-corrected chi connectivity index (χ3v) is 1.72. The summed E-state index contributed by atoms with van der Waals surface area (Å²) in [6.45, 7) is 5.63. The summed E-state index contributed by atoms with van der Waals surface area (Å²) >= 11 is 3.99. The third kappa shape index (κ3) is 3.94. The molecule has 0 heterocycles. The summed E-state index contributed by atoms with van der Waals surface area (Å²) in [4.78, 5) is 0. The van der Waals surface area contributed by atoms with Crippen LogP contribution in [-0.2, 0) is 0 Å². The van der Waals surface area contributed by atoms with E-state index in [1.54, 1.807) is 5.41 Å². The molecule has 0 aliphatic carbocycles. The lowest BCUT2D eigenvalue weighted by Gasteiger charge is -2.09. The summed E-state index contributed by atoms with van der Waals surface area (Å²) in [5, 5.41) is 1.63. The second-order valence-corrected chi connectivity index (χ2v) is 2.54. The summed E-state index contributed by atoms with van der Waals surface area (Å²) in [6, 6.07) is 0. The summed E-state index contributed by atoms with van der Waals surface area (Å²) < 4.78 is 0. The van der Waals surface area contributed by atoms with Gasteiger partial charge in [-0.1, -0.05) is 18.2 Å². The highest BCUT2D eigenvalue weighted by atomic mass is 32.1. The molecule has 62 valence electrons. The average molecular weight is 169 g/mol. The van der Waals surface area contributed by atoms with Crippen LogP contribution < -0.4 is 5.73 Å². The fourth-order valence-electron chi connectivity index (χ4n) is 0.833. The molecule has 0 rings (SSSR count). The maximum atomic E-state index is 5.68. The molecular formula is C9H15NS. The Morgan fingerprint density at radius 3 is 2.73 bits per heavy atom. The third-order valence-electron chi connectivity index (χ3n) is 1.42. The number of hydrogen-bond donors (Lipinski definition) is 2. The van der Waals surface area contributed by atoms with Gasteiger partial charge in [0.25, 0.3) is 0 Å². The van der Waals surface area contributed by atoms with E-state index in [9.17, 15) is 0 Å². The van der Waals surface area contributed by atoms with Crippen molar-refractivity contribution in [2.75, 3.05) is 0 Å². The first-order valence-electron chi connectivity index (χ1n) is 3.59. The number of hydrogen-bond acceptors (Lipinski definition) is 2. The van der Waals surface area contributed by atoms with Crippen molar-refractivity contribution in [3.05, 3.63) is 35.9 Å². The number of thiol groups is 1. The summed E-state index contributed by atoms with van der Waals surface area (Å²) in [7, 11) is 0. The van der Waals surface area contributed by atoms with Crippen LogP contribution in [0.3, 0.4) is 0 Å². The smallest absolute Gasteiger partial charge is 0.0215 e. The Morgan fingerprint density at radius 1 is 1.73 bits per heavy atom. The van der Waals surface area contributed by atoms with E-state index in [2.05, 4.69) is 19.2 Å². The van der Waals surface area contributed by atoms with E-state index in [1.165, 1.54) is 0 Å². The van der Waals surface area contributed by atoms with Crippen molar-refractivity contribution in [2.45, 2.75) is 13.3 Å². The summed E-state index contributed by atoms with van der Waals surface area (Å²) in [5.41, 5.74) is 6.46. The average Bonchev–Trinajstić information content (AvgIpc) is 2.03. The van der Waals surface area contributed by atoms with Crippen LogP contribution in [0.1, 0.15) is 13.3 Å². The Morgan fingerprint density at radius 2 is 2.36 bits per heavy atom. The van der Waals surface area contributed by atoms with E-state index in [1.807, 2.05) is 25.2 Å². The van der Waals surface area contributed by atoms with Crippen molar-refractivity contribution in [1.29, 1.82) is 0 Å². The van der Waals surface area contributed by atoms with Gasteiger partial charge in [-0.05, 0) is 18.8 Å². The van der Waals surface area contributed by atoms with Crippen molar-refractivity contribution in [1.82, 2.24) is 0 Å². The molecule has 1 nitrogen and oxygen atoms in total. The van der Waals surface area contributed by atoms with Gasteiger partial charge in [-0.25, -0.2) is 0 Å². The second-order valence-electron chi connectivity index (χ2n) is 2.29. The van der Waals surface area contributed by atoms with Crippen molar-refractivity contribution in [2.24, 2.45) is 11.7 Å². The van der Waals surface area contributed by atoms with Crippen LogP contribution in [0.5, 0.6) is 0 Å². The summed E-state index contributed by atoms with van der Waals surface area (Å²) in [6.07, 6.45) is 6.75. The first kappa shape index (κ1) is 10.4. The zero-order chi connectivity index (χ0) is 8.69. The first-order valence-corrected chi connectivity index (χ1v) is 4.11. The molecule has 11 heavy (non-hydrogen) atoms. The number of allylic oxidation sites excluding steroid dienone is 3. The van der Waals surface area contributed by atoms with Crippen LogP contribution in [0.25, 0.3) is 0 Å². The molecule has 0 aromatic rings. The van der Waals surface area contributed by atoms with E-state index < -0.39 is 0 Å². The van der Waals surface area contributed by atoms with Crippen LogP contribution in [0.15, 0.2) is 35.9 Å². The molecule has 0 saturated carbocycles. The van der Waals surface area contributed by atoms with Crippen LogP contribution >= 0.6 is 12.6 Å². The van der Waals surface area contributed by atoms with Crippen LogP contribution in [0.4, 0.5) is 0 Å². The van der Waals surface area contributed by atoms with Crippen LogP contribution in [0, 0.1) is 5.92 Å². The molecule has 0 spiro atoms.